The summed E-state index contributed by atoms with van der Waals surface area (Å²) in [5.41, 5.74) is 2.56. The molecule has 168 valence electrons. The molecule has 0 radical (unpaired) electrons. The maximum absolute atomic E-state index is 13.4. The van der Waals surface area contributed by atoms with Gasteiger partial charge >= 0.3 is 5.97 Å². The highest BCUT2D eigenvalue weighted by molar-refractivity contribution is 7.07. The second-order valence-electron chi connectivity index (χ2n) is 7.39. The van der Waals surface area contributed by atoms with Gasteiger partial charge in [-0.15, -0.1) is 0 Å². The number of rotatable bonds is 6. The largest absolute Gasteiger partial charge is 0.497 e. The van der Waals surface area contributed by atoms with Crippen molar-refractivity contribution in [3.8, 4) is 5.75 Å². The molecule has 0 spiro atoms. The molecular formula is C26H24N2O4S. The minimum Gasteiger partial charge on any atom is -0.497 e. The second-order valence-corrected chi connectivity index (χ2v) is 8.40. The maximum Gasteiger partial charge on any atom is 0.338 e. The Bertz CT molecular complexity index is 1400. The summed E-state index contributed by atoms with van der Waals surface area (Å²) < 4.78 is 12.6. The van der Waals surface area contributed by atoms with Crippen LogP contribution in [0.1, 0.15) is 31.0 Å². The van der Waals surface area contributed by atoms with Crippen molar-refractivity contribution in [2.75, 3.05) is 13.7 Å². The molecule has 2 heterocycles. The topological polar surface area (TPSA) is 69.9 Å². The maximum atomic E-state index is 13.4. The van der Waals surface area contributed by atoms with Gasteiger partial charge in [0, 0.05) is 0 Å². The highest BCUT2D eigenvalue weighted by Crippen LogP contribution is 2.26. The molecule has 1 atom stereocenters. The molecule has 2 aromatic carbocycles. The molecule has 0 saturated heterocycles. The summed E-state index contributed by atoms with van der Waals surface area (Å²) in [6.07, 6.45) is 5.59. The van der Waals surface area contributed by atoms with Crippen LogP contribution in [0.25, 0.3) is 12.2 Å². The molecule has 0 bridgehead atoms. The number of allylic oxidation sites excluding steroid dienone is 2. The zero-order valence-corrected chi connectivity index (χ0v) is 19.5. The zero-order valence-electron chi connectivity index (χ0n) is 18.6. The lowest BCUT2D eigenvalue weighted by Gasteiger charge is -2.21. The number of carbonyl (C=O) groups excluding carboxylic acids is 1. The number of ether oxygens (including phenoxy) is 2. The van der Waals surface area contributed by atoms with Crippen LogP contribution < -0.4 is 19.6 Å². The lowest BCUT2D eigenvalue weighted by atomic mass is 10.0. The standard InChI is InChI=1S/C26H24N2O4S/c1-4-32-25(30)23-17(2)27-26-28(21(23)15-12-18-8-6-5-7-9-18)24(29)22(33-26)16-19-10-13-20(31-3)14-11-19/h5-16,21H,4H2,1-3H3/b15-12+,22-16+/t21-/m1/s1. The van der Waals surface area contributed by atoms with Gasteiger partial charge in [0.25, 0.3) is 5.56 Å². The molecule has 0 fully saturated rings. The third-order valence-corrected chi connectivity index (χ3v) is 6.23. The van der Waals surface area contributed by atoms with Crippen molar-refractivity contribution in [1.29, 1.82) is 0 Å². The second kappa shape index (κ2) is 9.83. The van der Waals surface area contributed by atoms with Gasteiger partial charge in [-0.25, -0.2) is 9.79 Å². The molecule has 0 N–H and O–H groups in total. The van der Waals surface area contributed by atoms with E-state index >= 15 is 0 Å². The SMILES string of the molecule is CCOC(=O)C1=C(C)N=c2s/c(=C/c3ccc(OC)cc3)c(=O)n2[C@@H]1/C=C/c1ccccc1. The Labute approximate surface area is 195 Å². The quantitative estimate of drug-likeness (QED) is 0.528. The number of esters is 1. The van der Waals surface area contributed by atoms with Gasteiger partial charge in [0.15, 0.2) is 4.80 Å². The molecule has 0 unspecified atom stereocenters. The fourth-order valence-corrected chi connectivity index (χ4v) is 4.69. The number of fused-ring (bicyclic) bond motifs is 1. The molecule has 33 heavy (non-hydrogen) atoms. The Hall–Kier alpha value is -3.71. The summed E-state index contributed by atoms with van der Waals surface area (Å²) in [4.78, 5) is 31.4. The Morgan fingerprint density at radius 3 is 2.52 bits per heavy atom. The van der Waals surface area contributed by atoms with E-state index in [4.69, 9.17) is 9.47 Å². The van der Waals surface area contributed by atoms with Gasteiger partial charge < -0.3 is 9.47 Å². The van der Waals surface area contributed by atoms with Crippen LogP contribution in [0, 0.1) is 0 Å². The van der Waals surface area contributed by atoms with Crippen LogP contribution in [-0.4, -0.2) is 24.3 Å². The van der Waals surface area contributed by atoms with E-state index in [0.717, 1.165) is 16.9 Å². The van der Waals surface area contributed by atoms with E-state index in [1.807, 2.05) is 72.8 Å². The average Bonchev–Trinajstić information content (AvgIpc) is 3.13. The first-order valence-electron chi connectivity index (χ1n) is 10.6. The molecule has 6 nitrogen and oxygen atoms in total. The van der Waals surface area contributed by atoms with Crippen molar-refractivity contribution in [1.82, 2.24) is 4.57 Å². The van der Waals surface area contributed by atoms with E-state index in [9.17, 15) is 9.59 Å². The van der Waals surface area contributed by atoms with Gasteiger partial charge in [0.1, 0.15) is 5.75 Å². The summed E-state index contributed by atoms with van der Waals surface area (Å²) in [5.74, 6) is 0.278. The van der Waals surface area contributed by atoms with Gasteiger partial charge in [-0.2, -0.15) is 0 Å². The molecule has 3 aromatic rings. The smallest absolute Gasteiger partial charge is 0.338 e. The van der Waals surface area contributed by atoms with Crippen LogP contribution >= 0.6 is 11.3 Å². The van der Waals surface area contributed by atoms with Crippen LogP contribution in [0.15, 0.2) is 81.7 Å². The van der Waals surface area contributed by atoms with E-state index in [2.05, 4.69) is 4.99 Å². The number of carbonyl (C=O) groups is 1. The Kier molecular flexibility index (Phi) is 6.70. The van der Waals surface area contributed by atoms with Gasteiger partial charge in [0.05, 0.1) is 35.6 Å². The van der Waals surface area contributed by atoms with Crippen molar-refractivity contribution < 1.29 is 14.3 Å². The van der Waals surface area contributed by atoms with Crippen LogP contribution in [0.3, 0.4) is 0 Å². The average molecular weight is 461 g/mol. The fraction of sp³-hybridized carbons (Fsp3) is 0.192. The van der Waals surface area contributed by atoms with Crippen molar-refractivity contribution >= 4 is 29.5 Å². The summed E-state index contributed by atoms with van der Waals surface area (Å²) in [5, 5.41) is 0. The van der Waals surface area contributed by atoms with E-state index < -0.39 is 12.0 Å². The zero-order chi connectivity index (χ0) is 23.4. The van der Waals surface area contributed by atoms with E-state index in [-0.39, 0.29) is 12.2 Å². The van der Waals surface area contributed by atoms with Crippen LogP contribution in [0.5, 0.6) is 5.75 Å². The Balaban J connectivity index is 1.84. The fourth-order valence-electron chi connectivity index (χ4n) is 3.63. The lowest BCUT2D eigenvalue weighted by Crippen LogP contribution is -2.38. The van der Waals surface area contributed by atoms with Gasteiger partial charge in [0.2, 0.25) is 0 Å². The molecule has 0 amide bonds. The minimum atomic E-state index is -0.612. The Morgan fingerprint density at radius 1 is 1.12 bits per heavy atom. The molecule has 0 saturated carbocycles. The van der Waals surface area contributed by atoms with Gasteiger partial charge in [-0.1, -0.05) is 66.0 Å². The molecule has 1 aromatic heterocycles. The first-order valence-corrected chi connectivity index (χ1v) is 11.4. The molecule has 1 aliphatic rings. The molecular weight excluding hydrogens is 436 g/mol. The van der Waals surface area contributed by atoms with E-state index in [1.54, 1.807) is 25.5 Å². The number of benzene rings is 2. The summed E-state index contributed by atoms with van der Waals surface area (Å²) in [6, 6.07) is 16.6. The summed E-state index contributed by atoms with van der Waals surface area (Å²) in [6.45, 7) is 3.77. The molecule has 0 aliphatic carbocycles. The third kappa shape index (κ3) is 4.73. The number of hydrogen-bond acceptors (Lipinski definition) is 6. The third-order valence-electron chi connectivity index (χ3n) is 5.24. The van der Waals surface area contributed by atoms with Crippen LogP contribution in [0.2, 0.25) is 0 Å². The van der Waals surface area contributed by atoms with Gasteiger partial charge in [-0.05, 0) is 43.2 Å². The molecule has 7 heteroatoms. The van der Waals surface area contributed by atoms with Crippen LogP contribution in [0.4, 0.5) is 0 Å². The first-order chi connectivity index (χ1) is 16.0. The Morgan fingerprint density at radius 2 is 1.85 bits per heavy atom. The predicted octanol–water partition coefficient (Wildman–Crippen LogP) is 3.47. The lowest BCUT2D eigenvalue weighted by molar-refractivity contribution is -0.139. The van der Waals surface area contributed by atoms with Crippen molar-refractivity contribution in [2.45, 2.75) is 19.9 Å². The van der Waals surface area contributed by atoms with Crippen molar-refractivity contribution in [3.05, 3.63) is 103 Å². The number of methoxy groups -OCH3 is 1. The molecule has 4 rings (SSSR count). The normalized spacial score (nSPS) is 16.0. The van der Waals surface area contributed by atoms with E-state index in [0.29, 0.717) is 20.6 Å². The monoisotopic (exact) mass is 460 g/mol. The van der Waals surface area contributed by atoms with Crippen molar-refractivity contribution in [2.24, 2.45) is 4.99 Å². The minimum absolute atomic E-state index is 0.202. The summed E-state index contributed by atoms with van der Waals surface area (Å²) >= 11 is 1.30. The first kappa shape index (κ1) is 22.5. The highest BCUT2D eigenvalue weighted by atomic mass is 32.1. The predicted molar refractivity (Wildman–Crippen MR) is 130 cm³/mol. The number of thiazole rings is 1. The number of hydrogen-bond donors (Lipinski definition) is 0. The van der Waals surface area contributed by atoms with Crippen molar-refractivity contribution in [3.63, 3.8) is 0 Å². The van der Waals surface area contributed by atoms with E-state index in [1.165, 1.54) is 11.3 Å². The van der Waals surface area contributed by atoms with Crippen LogP contribution in [-0.2, 0) is 9.53 Å². The number of aromatic nitrogens is 1. The number of nitrogens with zero attached hydrogens (tertiary/aromatic N) is 2. The highest BCUT2D eigenvalue weighted by Gasteiger charge is 2.30. The summed E-state index contributed by atoms with van der Waals surface area (Å²) in [7, 11) is 1.61. The molecule has 1 aliphatic heterocycles. The van der Waals surface area contributed by atoms with Gasteiger partial charge in [-0.3, -0.25) is 9.36 Å².